The van der Waals surface area contributed by atoms with Gasteiger partial charge in [-0.25, -0.2) is 9.18 Å². The van der Waals surface area contributed by atoms with Gasteiger partial charge in [0.15, 0.2) is 5.69 Å². The molecule has 7 nitrogen and oxygen atoms in total. The average molecular weight is 429 g/mol. The predicted octanol–water partition coefficient (Wildman–Crippen LogP) is 3.53. The maximum absolute atomic E-state index is 13.7. The summed E-state index contributed by atoms with van der Waals surface area (Å²) >= 11 is 1.32. The van der Waals surface area contributed by atoms with Gasteiger partial charge >= 0.3 is 5.97 Å². The molecule has 0 bridgehead atoms. The second-order valence-electron chi connectivity index (χ2n) is 7.02. The van der Waals surface area contributed by atoms with Crippen LogP contribution in [0.5, 0.6) is 0 Å². The van der Waals surface area contributed by atoms with Gasteiger partial charge in [0.1, 0.15) is 10.8 Å². The lowest BCUT2D eigenvalue weighted by atomic mass is 9.95. The van der Waals surface area contributed by atoms with E-state index in [1.807, 2.05) is 6.92 Å². The zero-order valence-corrected chi connectivity index (χ0v) is 17.4. The predicted molar refractivity (Wildman–Crippen MR) is 112 cm³/mol. The summed E-state index contributed by atoms with van der Waals surface area (Å²) in [6.45, 7) is 2.20. The zero-order chi connectivity index (χ0) is 21.4. The maximum atomic E-state index is 13.7. The number of hydrogen-bond acceptors (Lipinski definition) is 6. The van der Waals surface area contributed by atoms with Gasteiger partial charge in [0, 0.05) is 11.4 Å². The smallest absolute Gasteiger partial charge is 0.341 e. The van der Waals surface area contributed by atoms with E-state index in [2.05, 4.69) is 10.4 Å². The standard InChI is InChI=1S/C21H20FN3O4S/c1-3-25-14-9-8-11(22)10-13(14)18(26)17(24-25)19(27)23-20-16(21(28)29-2)12-6-4-5-7-15(12)30-20/h8-10H,3-7H2,1-2H3,(H,23,27). The number of amides is 1. The Labute approximate surface area is 175 Å². The molecule has 2 aromatic heterocycles. The molecule has 9 heteroatoms. The minimum atomic E-state index is -0.739. The van der Waals surface area contributed by atoms with E-state index in [-0.39, 0.29) is 11.1 Å². The van der Waals surface area contributed by atoms with Gasteiger partial charge in [-0.2, -0.15) is 5.10 Å². The molecule has 0 atom stereocenters. The summed E-state index contributed by atoms with van der Waals surface area (Å²) in [5, 5.41) is 7.29. The first-order chi connectivity index (χ1) is 14.4. The number of carbonyl (C=O) groups is 2. The molecule has 156 valence electrons. The Hall–Kier alpha value is -3.07. The summed E-state index contributed by atoms with van der Waals surface area (Å²) in [6, 6.07) is 3.81. The van der Waals surface area contributed by atoms with E-state index in [4.69, 9.17) is 4.74 Å². The Balaban J connectivity index is 1.79. The minimum absolute atomic E-state index is 0.0793. The molecule has 1 amide bonds. The summed E-state index contributed by atoms with van der Waals surface area (Å²) in [5.41, 5.74) is 0.674. The number of aryl methyl sites for hydroxylation is 2. The highest BCUT2D eigenvalue weighted by Crippen LogP contribution is 2.38. The monoisotopic (exact) mass is 429 g/mol. The molecule has 0 radical (unpaired) electrons. The number of carbonyl (C=O) groups excluding carboxylic acids is 2. The number of nitrogens with one attached hydrogen (secondary N) is 1. The highest BCUT2D eigenvalue weighted by atomic mass is 32.1. The molecule has 0 unspecified atom stereocenters. The van der Waals surface area contributed by atoms with Crippen LogP contribution in [0.25, 0.3) is 10.9 Å². The van der Waals surface area contributed by atoms with E-state index in [0.29, 0.717) is 22.6 Å². The summed E-state index contributed by atoms with van der Waals surface area (Å²) in [4.78, 5) is 39.3. The van der Waals surface area contributed by atoms with Crippen LogP contribution in [-0.2, 0) is 24.1 Å². The lowest BCUT2D eigenvalue weighted by Crippen LogP contribution is -2.27. The summed E-state index contributed by atoms with van der Waals surface area (Å²) in [7, 11) is 1.29. The lowest BCUT2D eigenvalue weighted by Gasteiger charge is -2.12. The second-order valence-corrected chi connectivity index (χ2v) is 8.12. The van der Waals surface area contributed by atoms with Crippen LogP contribution >= 0.6 is 11.3 Å². The van der Waals surface area contributed by atoms with E-state index >= 15 is 0 Å². The van der Waals surface area contributed by atoms with Gasteiger partial charge in [0.2, 0.25) is 5.43 Å². The van der Waals surface area contributed by atoms with E-state index in [1.165, 1.54) is 35.3 Å². The topological polar surface area (TPSA) is 90.3 Å². The van der Waals surface area contributed by atoms with Crippen molar-refractivity contribution >= 4 is 39.1 Å². The fraction of sp³-hybridized carbons (Fsp3) is 0.333. The molecule has 0 aliphatic heterocycles. The van der Waals surface area contributed by atoms with Crippen molar-refractivity contribution in [2.75, 3.05) is 12.4 Å². The number of hydrogen-bond donors (Lipinski definition) is 1. The Morgan fingerprint density at radius 2 is 2.07 bits per heavy atom. The third kappa shape index (κ3) is 3.39. The number of fused-ring (bicyclic) bond motifs is 2. The van der Waals surface area contributed by atoms with Crippen LogP contribution in [0.15, 0.2) is 23.0 Å². The highest BCUT2D eigenvalue weighted by molar-refractivity contribution is 7.17. The average Bonchev–Trinajstić information content (AvgIpc) is 3.11. The molecule has 0 fully saturated rings. The quantitative estimate of drug-likeness (QED) is 0.641. The van der Waals surface area contributed by atoms with Crippen LogP contribution in [0.3, 0.4) is 0 Å². The molecule has 4 rings (SSSR count). The Morgan fingerprint density at radius 1 is 1.30 bits per heavy atom. The fourth-order valence-corrected chi connectivity index (χ4v) is 5.06. The Morgan fingerprint density at radius 3 is 2.80 bits per heavy atom. The number of thiophene rings is 1. The molecule has 1 aliphatic rings. The van der Waals surface area contributed by atoms with Crippen LogP contribution < -0.4 is 10.7 Å². The molecule has 30 heavy (non-hydrogen) atoms. The molecule has 1 aromatic carbocycles. The third-order valence-corrected chi connectivity index (χ3v) is 6.43. The molecule has 0 spiro atoms. The van der Waals surface area contributed by atoms with Crippen molar-refractivity contribution in [2.45, 2.75) is 39.2 Å². The van der Waals surface area contributed by atoms with Crippen molar-refractivity contribution in [3.8, 4) is 0 Å². The molecule has 2 heterocycles. The van der Waals surface area contributed by atoms with E-state index in [0.717, 1.165) is 42.2 Å². The van der Waals surface area contributed by atoms with E-state index < -0.39 is 23.1 Å². The molecular weight excluding hydrogens is 409 g/mol. The normalized spacial score (nSPS) is 13.2. The van der Waals surface area contributed by atoms with Gasteiger partial charge < -0.3 is 10.1 Å². The highest BCUT2D eigenvalue weighted by Gasteiger charge is 2.28. The Bertz CT molecular complexity index is 1230. The fourth-order valence-electron chi connectivity index (χ4n) is 3.79. The van der Waals surface area contributed by atoms with Crippen molar-refractivity contribution in [3.63, 3.8) is 0 Å². The maximum Gasteiger partial charge on any atom is 0.341 e. The van der Waals surface area contributed by atoms with E-state index in [9.17, 15) is 18.8 Å². The second kappa shape index (κ2) is 7.98. The van der Waals surface area contributed by atoms with Crippen molar-refractivity contribution in [1.29, 1.82) is 0 Å². The van der Waals surface area contributed by atoms with Gasteiger partial charge in [-0.1, -0.05) is 0 Å². The van der Waals surface area contributed by atoms with Gasteiger partial charge in [-0.05, 0) is 56.4 Å². The molecule has 0 saturated carbocycles. The molecule has 1 N–H and O–H groups in total. The van der Waals surface area contributed by atoms with Crippen molar-refractivity contribution in [1.82, 2.24) is 9.78 Å². The molecule has 0 saturated heterocycles. The molecule has 1 aliphatic carbocycles. The summed E-state index contributed by atoms with van der Waals surface area (Å²) in [6.07, 6.45) is 3.54. The number of ether oxygens (including phenoxy) is 1. The minimum Gasteiger partial charge on any atom is -0.465 e. The number of methoxy groups -OCH3 is 1. The summed E-state index contributed by atoms with van der Waals surface area (Å²) in [5.74, 6) is -1.83. The number of rotatable bonds is 4. The van der Waals surface area contributed by atoms with Crippen LogP contribution in [0.4, 0.5) is 9.39 Å². The molecule has 3 aromatic rings. The van der Waals surface area contributed by atoms with Crippen molar-refractivity contribution in [2.24, 2.45) is 0 Å². The van der Waals surface area contributed by atoms with Crippen LogP contribution in [0, 0.1) is 5.82 Å². The van der Waals surface area contributed by atoms with Gasteiger partial charge in [-0.3, -0.25) is 14.3 Å². The molecular formula is C21H20FN3O4S. The van der Waals surface area contributed by atoms with E-state index in [1.54, 1.807) is 0 Å². The number of benzene rings is 1. The SMILES string of the molecule is CCn1nc(C(=O)Nc2sc3c(c2C(=O)OC)CCCC3)c(=O)c2cc(F)ccc21. The van der Waals surface area contributed by atoms with Crippen molar-refractivity contribution < 1.29 is 18.7 Å². The van der Waals surface area contributed by atoms with Crippen LogP contribution in [-0.4, -0.2) is 28.8 Å². The first-order valence-corrected chi connectivity index (χ1v) is 10.5. The van der Waals surface area contributed by atoms with Gasteiger partial charge in [0.25, 0.3) is 5.91 Å². The van der Waals surface area contributed by atoms with Gasteiger partial charge in [0.05, 0.1) is 23.6 Å². The van der Waals surface area contributed by atoms with Crippen molar-refractivity contribution in [3.05, 3.63) is 55.9 Å². The first-order valence-electron chi connectivity index (χ1n) is 9.69. The third-order valence-electron chi connectivity index (χ3n) is 5.22. The van der Waals surface area contributed by atoms with Crippen LogP contribution in [0.1, 0.15) is 51.1 Å². The lowest BCUT2D eigenvalue weighted by molar-refractivity contribution is 0.0601. The van der Waals surface area contributed by atoms with Gasteiger partial charge in [-0.15, -0.1) is 11.3 Å². The summed E-state index contributed by atoms with van der Waals surface area (Å²) < 4.78 is 20.1. The first kappa shape index (κ1) is 20.2. The largest absolute Gasteiger partial charge is 0.465 e. The number of halogens is 1. The zero-order valence-electron chi connectivity index (χ0n) is 16.6. The number of aromatic nitrogens is 2. The Kier molecular flexibility index (Phi) is 5.38. The number of esters is 1. The number of nitrogens with zero attached hydrogens (tertiary/aromatic N) is 2. The van der Waals surface area contributed by atoms with Crippen LogP contribution in [0.2, 0.25) is 0 Å². The number of anilines is 1.